The van der Waals surface area contributed by atoms with Crippen LogP contribution in [0.4, 0.5) is 10.8 Å². The first-order chi connectivity index (χ1) is 15.8. The highest BCUT2D eigenvalue weighted by atomic mass is 79.9. The quantitative estimate of drug-likeness (QED) is 0.115. The first kappa shape index (κ1) is 24.6. The van der Waals surface area contributed by atoms with Gasteiger partial charge in [-0.3, -0.25) is 0 Å². The lowest BCUT2D eigenvalue weighted by Gasteiger charge is -2.06. The predicted octanol–water partition coefficient (Wildman–Crippen LogP) is 9.00. The molecule has 0 aliphatic rings. The molecule has 0 amide bonds. The van der Waals surface area contributed by atoms with Gasteiger partial charge in [0.05, 0.1) is 29.1 Å². The molecule has 7 heteroatoms. The summed E-state index contributed by atoms with van der Waals surface area (Å²) in [6.07, 6.45) is 10.3. The molecule has 0 aliphatic carbocycles. The Kier molecular flexibility index (Phi) is 11.0. The molecule has 0 bridgehead atoms. The van der Waals surface area contributed by atoms with Gasteiger partial charge in [-0.05, 0) is 62.2 Å². The van der Waals surface area contributed by atoms with E-state index in [0.29, 0.717) is 11.7 Å². The molecule has 0 N–H and O–H groups in total. The topological polar surface area (TPSA) is 56.1 Å². The smallest absolute Gasteiger partial charge is 0.231 e. The zero-order chi connectivity index (χ0) is 22.4. The maximum absolute atomic E-state index is 5.85. The summed E-state index contributed by atoms with van der Waals surface area (Å²) in [6.45, 7) is 3.39. The van der Waals surface area contributed by atoms with E-state index >= 15 is 0 Å². The minimum Gasteiger partial charge on any atom is -0.494 e. The van der Waals surface area contributed by atoms with Crippen molar-refractivity contribution in [3.05, 3.63) is 42.5 Å². The third-order valence-electron chi connectivity index (χ3n) is 5.04. The van der Waals surface area contributed by atoms with Crippen LogP contribution in [0.3, 0.4) is 0 Å². The van der Waals surface area contributed by atoms with Crippen LogP contribution in [-0.4, -0.2) is 23.5 Å². The van der Waals surface area contributed by atoms with E-state index in [9.17, 15) is 0 Å². The first-order valence-corrected chi connectivity index (χ1v) is 13.5. The minimum absolute atomic E-state index is 0.636. The third-order valence-corrected chi connectivity index (χ3v) is 6.51. The molecule has 5 nitrogen and oxygen atoms in total. The van der Waals surface area contributed by atoms with Crippen molar-refractivity contribution in [2.75, 3.05) is 18.5 Å². The summed E-state index contributed by atoms with van der Waals surface area (Å²) in [5.74, 6) is 1.73. The number of rotatable bonds is 15. The van der Waals surface area contributed by atoms with Crippen molar-refractivity contribution in [1.82, 2.24) is 4.98 Å². The third kappa shape index (κ3) is 8.51. The second kappa shape index (κ2) is 14.2. The maximum Gasteiger partial charge on any atom is 0.231 e. The fraction of sp³-hybridized carbons (Fsp3) is 0.480. The Morgan fingerprint density at radius 2 is 1.50 bits per heavy atom. The largest absolute Gasteiger partial charge is 0.494 e. The zero-order valence-electron chi connectivity index (χ0n) is 18.8. The molecule has 172 valence electrons. The SMILES string of the molecule is CCOc1ccc2nc(N=Nc3ccc(OCCCCCCCCCCBr)cc3)sc2c1. The molecule has 0 fully saturated rings. The summed E-state index contributed by atoms with van der Waals surface area (Å²) in [5, 5.41) is 10.4. The zero-order valence-corrected chi connectivity index (χ0v) is 21.2. The molecule has 1 aromatic heterocycles. The van der Waals surface area contributed by atoms with Crippen LogP contribution in [0.2, 0.25) is 0 Å². The number of unbranched alkanes of at least 4 members (excludes halogenated alkanes) is 7. The minimum atomic E-state index is 0.636. The molecule has 2 aromatic carbocycles. The van der Waals surface area contributed by atoms with Crippen LogP contribution in [0.25, 0.3) is 10.2 Å². The second-order valence-electron chi connectivity index (χ2n) is 7.62. The van der Waals surface area contributed by atoms with E-state index in [-0.39, 0.29) is 0 Å². The monoisotopic (exact) mass is 517 g/mol. The molecule has 0 saturated carbocycles. The van der Waals surface area contributed by atoms with Gasteiger partial charge in [-0.15, -0.1) is 10.2 Å². The lowest BCUT2D eigenvalue weighted by atomic mass is 10.1. The van der Waals surface area contributed by atoms with Gasteiger partial charge in [0.25, 0.3) is 0 Å². The normalized spacial score (nSPS) is 11.4. The number of benzene rings is 2. The number of aromatic nitrogens is 1. The van der Waals surface area contributed by atoms with Crippen molar-refractivity contribution in [2.45, 2.75) is 58.3 Å². The molecule has 0 aliphatic heterocycles. The van der Waals surface area contributed by atoms with Crippen LogP contribution in [0, 0.1) is 0 Å². The lowest BCUT2D eigenvalue weighted by molar-refractivity contribution is 0.304. The average Bonchev–Trinajstić information content (AvgIpc) is 3.22. The van der Waals surface area contributed by atoms with Crippen LogP contribution in [-0.2, 0) is 0 Å². The summed E-state index contributed by atoms with van der Waals surface area (Å²) < 4.78 is 12.4. The van der Waals surface area contributed by atoms with Gasteiger partial charge < -0.3 is 9.47 Å². The fourth-order valence-corrected chi connectivity index (χ4v) is 4.56. The van der Waals surface area contributed by atoms with Crippen molar-refractivity contribution >= 4 is 48.3 Å². The Hall–Kier alpha value is -1.99. The van der Waals surface area contributed by atoms with Gasteiger partial charge in [-0.25, -0.2) is 4.98 Å². The van der Waals surface area contributed by atoms with Crippen molar-refractivity contribution in [1.29, 1.82) is 0 Å². The molecule has 0 unspecified atom stereocenters. The lowest BCUT2D eigenvalue weighted by Crippen LogP contribution is -1.96. The van der Waals surface area contributed by atoms with Gasteiger partial charge in [0.15, 0.2) is 0 Å². The second-order valence-corrected chi connectivity index (χ2v) is 9.42. The molecule has 3 rings (SSSR count). The summed E-state index contributed by atoms with van der Waals surface area (Å²) >= 11 is 4.99. The number of azo groups is 1. The van der Waals surface area contributed by atoms with E-state index in [1.807, 2.05) is 49.4 Å². The van der Waals surface area contributed by atoms with Gasteiger partial charge in [-0.1, -0.05) is 65.8 Å². The van der Waals surface area contributed by atoms with E-state index in [2.05, 4.69) is 31.1 Å². The molecule has 32 heavy (non-hydrogen) atoms. The Balaban J connectivity index is 1.37. The molecule has 0 spiro atoms. The van der Waals surface area contributed by atoms with E-state index in [1.54, 1.807) is 0 Å². The maximum atomic E-state index is 5.85. The van der Waals surface area contributed by atoms with E-state index in [4.69, 9.17) is 9.47 Å². The average molecular weight is 519 g/mol. The van der Waals surface area contributed by atoms with Crippen LogP contribution < -0.4 is 9.47 Å². The molecule has 0 atom stereocenters. The molecule has 3 aromatic rings. The van der Waals surface area contributed by atoms with E-state index in [0.717, 1.165) is 45.8 Å². The van der Waals surface area contributed by atoms with E-state index in [1.165, 1.54) is 56.3 Å². The van der Waals surface area contributed by atoms with Crippen molar-refractivity contribution in [3.63, 3.8) is 0 Å². The van der Waals surface area contributed by atoms with Crippen molar-refractivity contribution in [3.8, 4) is 11.5 Å². The van der Waals surface area contributed by atoms with Crippen molar-refractivity contribution in [2.24, 2.45) is 10.2 Å². The Morgan fingerprint density at radius 3 is 2.22 bits per heavy atom. The number of nitrogens with zero attached hydrogens (tertiary/aromatic N) is 3. The van der Waals surface area contributed by atoms with Crippen molar-refractivity contribution < 1.29 is 9.47 Å². The van der Waals surface area contributed by atoms with Crippen LogP contribution in [0.1, 0.15) is 58.3 Å². The van der Waals surface area contributed by atoms with Crippen LogP contribution >= 0.6 is 27.3 Å². The fourth-order valence-electron chi connectivity index (χ4n) is 3.35. The summed E-state index contributed by atoms with van der Waals surface area (Å²) in [6, 6.07) is 13.6. The number of alkyl halides is 1. The standard InChI is InChI=1S/C25H32BrN3O2S/c1-2-30-22-15-16-23-24(19-22)32-25(27-23)29-28-20-11-13-21(14-12-20)31-18-10-8-6-4-3-5-7-9-17-26/h11-16,19H,2-10,17-18H2,1H3. The molecular weight excluding hydrogens is 486 g/mol. The molecule has 0 radical (unpaired) electrons. The van der Waals surface area contributed by atoms with E-state index < -0.39 is 0 Å². The summed E-state index contributed by atoms with van der Waals surface area (Å²) in [7, 11) is 0. The number of fused-ring (bicyclic) bond motifs is 1. The highest BCUT2D eigenvalue weighted by molar-refractivity contribution is 9.09. The Bertz CT molecular complexity index is 959. The number of halogens is 1. The number of thiazole rings is 1. The number of hydrogen-bond donors (Lipinski definition) is 0. The number of hydrogen-bond acceptors (Lipinski definition) is 6. The van der Waals surface area contributed by atoms with Crippen LogP contribution in [0.5, 0.6) is 11.5 Å². The highest BCUT2D eigenvalue weighted by Gasteiger charge is 2.05. The summed E-state index contributed by atoms with van der Waals surface area (Å²) in [5.41, 5.74) is 1.69. The van der Waals surface area contributed by atoms with Gasteiger partial charge in [-0.2, -0.15) is 0 Å². The highest BCUT2D eigenvalue weighted by Crippen LogP contribution is 2.32. The Labute approximate surface area is 203 Å². The molecule has 1 heterocycles. The number of ether oxygens (including phenoxy) is 2. The molecule has 0 saturated heterocycles. The van der Waals surface area contributed by atoms with Gasteiger partial charge in [0.2, 0.25) is 5.13 Å². The van der Waals surface area contributed by atoms with Crippen LogP contribution in [0.15, 0.2) is 52.7 Å². The predicted molar refractivity (Wildman–Crippen MR) is 138 cm³/mol. The van der Waals surface area contributed by atoms with Gasteiger partial charge in [0, 0.05) is 5.33 Å². The first-order valence-electron chi connectivity index (χ1n) is 11.5. The Morgan fingerprint density at radius 1 is 0.812 bits per heavy atom. The van der Waals surface area contributed by atoms with Gasteiger partial charge in [0.1, 0.15) is 11.5 Å². The van der Waals surface area contributed by atoms with Gasteiger partial charge >= 0.3 is 0 Å². The summed E-state index contributed by atoms with van der Waals surface area (Å²) in [4.78, 5) is 4.51. The molecular formula is C25H32BrN3O2S.